The molecule has 0 aliphatic carbocycles. The Morgan fingerprint density at radius 1 is 1.56 bits per heavy atom. The molecule has 1 amide bonds. The van der Waals surface area contributed by atoms with Crippen molar-refractivity contribution in [3.8, 4) is 0 Å². The molecule has 98 valence electrons. The smallest absolute Gasteiger partial charge is 0.251 e. The minimum Gasteiger partial charge on any atom is -0.348 e. The minimum absolute atomic E-state index is 0.0719. The fraction of sp³-hybridized carbons (Fsp3) is 0.500. The summed E-state index contributed by atoms with van der Waals surface area (Å²) in [5, 5.41) is 3.03. The lowest BCUT2D eigenvalue weighted by molar-refractivity contribution is 0.0938. The molecule has 1 aliphatic rings. The number of nitrogens with one attached hydrogen (secondary N) is 2. The van der Waals surface area contributed by atoms with Crippen LogP contribution in [-0.2, 0) is 0 Å². The van der Waals surface area contributed by atoms with Gasteiger partial charge < -0.3 is 15.6 Å². The molecule has 1 unspecified atom stereocenters. The number of aromatic nitrogens is 1. The number of pyridine rings is 1. The van der Waals surface area contributed by atoms with Crippen LogP contribution in [-0.4, -0.2) is 42.0 Å². The lowest BCUT2D eigenvalue weighted by Crippen LogP contribution is -2.36. The average Bonchev–Trinajstić information content (AvgIpc) is 2.73. The van der Waals surface area contributed by atoms with Gasteiger partial charge in [-0.25, -0.2) is 10.8 Å². The molecule has 6 nitrogen and oxygen atoms in total. The quantitative estimate of drug-likeness (QED) is 0.523. The second-order valence-corrected chi connectivity index (χ2v) is 4.75. The maximum absolute atomic E-state index is 12.1. The van der Waals surface area contributed by atoms with Crippen LogP contribution < -0.4 is 16.6 Å². The summed E-state index contributed by atoms with van der Waals surface area (Å²) in [7, 11) is 2.05. The van der Waals surface area contributed by atoms with Gasteiger partial charge in [0.2, 0.25) is 0 Å². The molecule has 6 heteroatoms. The van der Waals surface area contributed by atoms with Gasteiger partial charge in [0.05, 0.1) is 0 Å². The Morgan fingerprint density at radius 2 is 2.33 bits per heavy atom. The first kappa shape index (κ1) is 12.8. The maximum Gasteiger partial charge on any atom is 0.251 e. The van der Waals surface area contributed by atoms with Crippen LogP contribution in [0.3, 0.4) is 0 Å². The van der Waals surface area contributed by atoms with E-state index in [0.717, 1.165) is 25.2 Å². The molecular weight excluding hydrogens is 230 g/mol. The number of likely N-dealkylation sites (tertiary alicyclic amines) is 1. The summed E-state index contributed by atoms with van der Waals surface area (Å²) in [4.78, 5) is 18.5. The lowest BCUT2D eigenvalue weighted by atomic mass is 10.2. The molecule has 1 atom stereocenters. The number of hydrogen-bond acceptors (Lipinski definition) is 5. The molecule has 1 fully saturated rings. The van der Waals surface area contributed by atoms with Gasteiger partial charge in [0, 0.05) is 23.8 Å². The molecule has 0 bridgehead atoms. The highest BCUT2D eigenvalue weighted by Crippen LogP contribution is 2.11. The molecule has 0 saturated carbocycles. The molecular formula is C12H19N5O. The van der Waals surface area contributed by atoms with E-state index in [1.54, 1.807) is 12.1 Å². The fourth-order valence-corrected chi connectivity index (χ4v) is 2.20. The first-order chi connectivity index (χ1) is 8.58. The van der Waals surface area contributed by atoms with E-state index in [9.17, 15) is 4.79 Å². The predicted molar refractivity (Wildman–Crippen MR) is 70.2 cm³/mol. The van der Waals surface area contributed by atoms with E-state index in [2.05, 4.69) is 27.7 Å². The zero-order valence-corrected chi connectivity index (χ0v) is 10.7. The van der Waals surface area contributed by atoms with E-state index in [0.29, 0.717) is 11.4 Å². The number of carbonyl (C=O) groups excluding carboxylic acids is 1. The number of hydrazine groups is 1. The largest absolute Gasteiger partial charge is 0.348 e. The number of carbonyl (C=O) groups is 1. The van der Waals surface area contributed by atoms with Gasteiger partial charge in [-0.3, -0.25) is 4.79 Å². The van der Waals surface area contributed by atoms with E-state index in [4.69, 9.17) is 5.84 Å². The van der Waals surface area contributed by atoms with Crippen molar-refractivity contribution in [2.45, 2.75) is 19.4 Å². The van der Waals surface area contributed by atoms with Crippen LogP contribution >= 0.6 is 0 Å². The summed E-state index contributed by atoms with van der Waals surface area (Å²) in [6.45, 7) is 3.76. The van der Waals surface area contributed by atoms with Crippen LogP contribution in [0, 0.1) is 6.92 Å². The summed E-state index contributed by atoms with van der Waals surface area (Å²) >= 11 is 0. The van der Waals surface area contributed by atoms with E-state index in [1.807, 2.05) is 6.92 Å². The van der Waals surface area contributed by atoms with Gasteiger partial charge in [-0.05, 0) is 39.1 Å². The first-order valence-electron chi connectivity index (χ1n) is 6.03. The fourth-order valence-electron chi connectivity index (χ4n) is 2.20. The number of likely N-dealkylation sites (N-methyl/N-ethyl adjacent to an activating group) is 1. The molecule has 4 N–H and O–H groups in total. The van der Waals surface area contributed by atoms with Crippen LogP contribution in [0.2, 0.25) is 0 Å². The number of rotatable bonds is 3. The van der Waals surface area contributed by atoms with Gasteiger partial charge in [0.1, 0.15) is 5.82 Å². The highest BCUT2D eigenvalue weighted by atomic mass is 16.1. The Balaban J connectivity index is 2.06. The third-order valence-electron chi connectivity index (χ3n) is 3.09. The van der Waals surface area contributed by atoms with Crippen LogP contribution in [0.1, 0.15) is 22.5 Å². The maximum atomic E-state index is 12.1. The number of nitrogens with zero attached hydrogens (tertiary/aromatic N) is 2. The molecule has 1 aromatic heterocycles. The molecule has 2 heterocycles. The molecule has 0 spiro atoms. The highest BCUT2D eigenvalue weighted by Gasteiger charge is 2.21. The van der Waals surface area contributed by atoms with Crippen molar-refractivity contribution in [3.63, 3.8) is 0 Å². The molecule has 1 aromatic rings. The zero-order valence-electron chi connectivity index (χ0n) is 10.7. The van der Waals surface area contributed by atoms with E-state index in [1.165, 1.54) is 0 Å². The van der Waals surface area contributed by atoms with E-state index < -0.39 is 0 Å². The number of aryl methyl sites for hydroxylation is 1. The topological polar surface area (TPSA) is 83.3 Å². The van der Waals surface area contributed by atoms with Gasteiger partial charge in [0.25, 0.3) is 5.91 Å². The summed E-state index contributed by atoms with van der Waals surface area (Å²) in [6, 6.07) is 3.64. The number of nitrogens with two attached hydrogens (primary N) is 1. The van der Waals surface area contributed by atoms with Crippen molar-refractivity contribution in [2.75, 3.05) is 25.6 Å². The predicted octanol–water partition coefficient (Wildman–Crippen LogP) is 0.110. The second-order valence-electron chi connectivity index (χ2n) is 4.75. The molecule has 0 radical (unpaired) electrons. The van der Waals surface area contributed by atoms with Crippen molar-refractivity contribution < 1.29 is 4.79 Å². The number of nitrogen functional groups attached to an aromatic ring is 1. The van der Waals surface area contributed by atoms with Crippen molar-refractivity contribution in [2.24, 2.45) is 5.84 Å². The SMILES string of the molecule is Cc1cc(C(=O)NC2CCN(C)C2)cc(NN)n1. The second kappa shape index (κ2) is 5.32. The highest BCUT2D eigenvalue weighted by molar-refractivity contribution is 5.95. The number of hydrogen-bond donors (Lipinski definition) is 3. The van der Waals surface area contributed by atoms with Crippen LogP contribution in [0.15, 0.2) is 12.1 Å². The molecule has 2 rings (SSSR count). The molecule has 0 aromatic carbocycles. The number of anilines is 1. The van der Waals surface area contributed by atoms with Crippen LogP contribution in [0.4, 0.5) is 5.82 Å². The Bertz CT molecular complexity index is 448. The summed E-state index contributed by atoms with van der Waals surface area (Å²) in [5.41, 5.74) is 3.82. The van der Waals surface area contributed by atoms with Gasteiger partial charge in [-0.2, -0.15) is 0 Å². The average molecular weight is 249 g/mol. The Hall–Kier alpha value is -1.66. The first-order valence-corrected chi connectivity index (χ1v) is 6.03. The Morgan fingerprint density at radius 3 is 2.94 bits per heavy atom. The Labute approximate surface area is 107 Å². The van der Waals surface area contributed by atoms with Gasteiger partial charge >= 0.3 is 0 Å². The van der Waals surface area contributed by atoms with Crippen molar-refractivity contribution >= 4 is 11.7 Å². The third-order valence-corrected chi connectivity index (χ3v) is 3.09. The standard InChI is InChI=1S/C12H19N5O/c1-8-5-9(6-11(14-8)16-13)12(18)15-10-3-4-17(2)7-10/h5-6,10H,3-4,7,13H2,1-2H3,(H,14,16)(H,15,18). The molecule has 1 aliphatic heterocycles. The van der Waals surface area contributed by atoms with E-state index in [-0.39, 0.29) is 11.9 Å². The van der Waals surface area contributed by atoms with E-state index >= 15 is 0 Å². The Kier molecular flexibility index (Phi) is 3.78. The van der Waals surface area contributed by atoms with Crippen molar-refractivity contribution in [3.05, 3.63) is 23.4 Å². The normalized spacial score (nSPS) is 19.8. The lowest BCUT2D eigenvalue weighted by Gasteiger charge is -2.13. The van der Waals surface area contributed by atoms with Gasteiger partial charge in [-0.15, -0.1) is 0 Å². The van der Waals surface area contributed by atoms with Crippen LogP contribution in [0.5, 0.6) is 0 Å². The molecule has 1 saturated heterocycles. The summed E-state index contributed by atoms with van der Waals surface area (Å²) < 4.78 is 0. The zero-order chi connectivity index (χ0) is 13.1. The summed E-state index contributed by atoms with van der Waals surface area (Å²) in [6.07, 6.45) is 0.994. The van der Waals surface area contributed by atoms with Gasteiger partial charge in [-0.1, -0.05) is 0 Å². The minimum atomic E-state index is -0.0719. The van der Waals surface area contributed by atoms with Crippen molar-refractivity contribution in [1.82, 2.24) is 15.2 Å². The van der Waals surface area contributed by atoms with Gasteiger partial charge in [0.15, 0.2) is 0 Å². The van der Waals surface area contributed by atoms with Crippen molar-refractivity contribution in [1.29, 1.82) is 0 Å². The summed E-state index contributed by atoms with van der Waals surface area (Å²) in [5.74, 6) is 5.75. The number of amides is 1. The van der Waals surface area contributed by atoms with Crippen LogP contribution in [0.25, 0.3) is 0 Å². The monoisotopic (exact) mass is 249 g/mol. The molecule has 18 heavy (non-hydrogen) atoms. The third kappa shape index (κ3) is 2.96.